The maximum Gasteiger partial charge on any atom is 0.435 e. The van der Waals surface area contributed by atoms with Crippen molar-refractivity contribution in [2.75, 3.05) is 6.54 Å². The zero-order valence-electron chi connectivity index (χ0n) is 13.5. The number of hydrogen-bond donors (Lipinski definition) is 2. The molecule has 0 spiro atoms. The fourth-order valence-corrected chi connectivity index (χ4v) is 4.01. The molecule has 2 rings (SSSR count). The van der Waals surface area contributed by atoms with Crippen molar-refractivity contribution in [3.8, 4) is 0 Å². The van der Waals surface area contributed by atoms with E-state index in [-0.39, 0.29) is 28.8 Å². The summed E-state index contributed by atoms with van der Waals surface area (Å²) in [6, 6.07) is 2.62. The van der Waals surface area contributed by atoms with Crippen LogP contribution in [0.1, 0.15) is 21.7 Å². The number of aryl methyl sites for hydroxylation is 1. The van der Waals surface area contributed by atoms with Crippen molar-refractivity contribution < 1.29 is 31.5 Å². The van der Waals surface area contributed by atoms with Crippen molar-refractivity contribution in [2.45, 2.75) is 24.5 Å². The summed E-state index contributed by atoms with van der Waals surface area (Å²) in [4.78, 5) is 10.6. The van der Waals surface area contributed by atoms with Crippen LogP contribution in [-0.2, 0) is 22.7 Å². The highest BCUT2D eigenvalue weighted by Crippen LogP contribution is 2.29. The number of benzene rings is 1. The van der Waals surface area contributed by atoms with Gasteiger partial charge in [-0.3, -0.25) is 4.68 Å². The molecule has 1 aromatic carbocycles. The first-order valence-electron chi connectivity index (χ1n) is 7.16. The third-order valence-electron chi connectivity index (χ3n) is 3.43. The summed E-state index contributed by atoms with van der Waals surface area (Å²) in [5.74, 6) is -1.44. The summed E-state index contributed by atoms with van der Waals surface area (Å²) in [5, 5.41) is 11.9. The van der Waals surface area contributed by atoms with Gasteiger partial charge in [-0.1, -0.05) is 23.2 Å². The third-order valence-corrected chi connectivity index (χ3v) is 5.67. The fourth-order valence-electron chi connectivity index (χ4n) is 2.14. The van der Waals surface area contributed by atoms with E-state index in [4.69, 9.17) is 28.3 Å². The van der Waals surface area contributed by atoms with Gasteiger partial charge in [0.15, 0.2) is 5.69 Å². The van der Waals surface area contributed by atoms with Crippen molar-refractivity contribution >= 4 is 39.2 Å². The minimum absolute atomic E-state index is 0.182. The molecule has 7 nitrogen and oxygen atoms in total. The van der Waals surface area contributed by atoms with Gasteiger partial charge in [0, 0.05) is 12.2 Å². The number of carboxylic acids is 1. The molecule has 0 radical (unpaired) electrons. The first kappa shape index (κ1) is 21.5. The minimum Gasteiger partial charge on any atom is -0.478 e. The summed E-state index contributed by atoms with van der Waals surface area (Å²) in [6.07, 6.45) is -4.61. The second kappa shape index (κ2) is 7.66. The van der Waals surface area contributed by atoms with Gasteiger partial charge < -0.3 is 5.11 Å². The quantitative estimate of drug-likeness (QED) is 0.710. The molecular weight excluding hydrogens is 434 g/mol. The molecule has 0 aliphatic carbocycles. The molecule has 1 heterocycles. The summed E-state index contributed by atoms with van der Waals surface area (Å²) in [7, 11) is -4.24. The number of carboxylic acid groups (broad SMARTS) is 1. The Balaban J connectivity index is 2.18. The van der Waals surface area contributed by atoms with Crippen LogP contribution in [0.15, 0.2) is 23.1 Å². The maximum atomic E-state index is 12.6. The molecule has 148 valence electrons. The number of nitrogens with zero attached hydrogens (tertiary/aromatic N) is 2. The Hall–Kier alpha value is -1.82. The number of nitrogens with one attached hydrogen (secondary N) is 1. The molecule has 0 saturated heterocycles. The molecule has 2 aromatic rings. The van der Waals surface area contributed by atoms with E-state index in [1.807, 2.05) is 0 Å². The molecule has 0 atom stereocenters. The van der Waals surface area contributed by atoms with E-state index in [1.54, 1.807) is 0 Å². The van der Waals surface area contributed by atoms with E-state index >= 15 is 0 Å². The number of alkyl halides is 3. The standard InChI is InChI=1S/C14H12Cl2F3N3O4S/c1-7-4-12(14(17,18)19)21-22(7)3-2-20-27(25,26)11-5-8(13(23)24)9(15)6-10(11)16/h4-6,20H,2-3H2,1H3,(H,23,24). The lowest BCUT2D eigenvalue weighted by Gasteiger charge is -2.11. The Labute approximate surface area is 161 Å². The van der Waals surface area contributed by atoms with Gasteiger partial charge in [0.1, 0.15) is 4.90 Å². The Morgan fingerprint density at radius 1 is 1.26 bits per heavy atom. The highest BCUT2D eigenvalue weighted by molar-refractivity contribution is 7.89. The van der Waals surface area contributed by atoms with Crippen LogP contribution in [0, 0.1) is 6.92 Å². The van der Waals surface area contributed by atoms with E-state index in [1.165, 1.54) is 6.92 Å². The highest BCUT2D eigenvalue weighted by Gasteiger charge is 2.34. The monoisotopic (exact) mass is 445 g/mol. The van der Waals surface area contributed by atoms with E-state index in [0.717, 1.165) is 22.9 Å². The molecule has 0 amide bonds. The molecule has 27 heavy (non-hydrogen) atoms. The summed E-state index contributed by atoms with van der Waals surface area (Å²) in [5.41, 5.74) is -1.35. The second-order valence-electron chi connectivity index (χ2n) is 5.36. The lowest BCUT2D eigenvalue weighted by Crippen LogP contribution is -2.28. The number of carbonyl (C=O) groups is 1. The Bertz CT molecular complexity index is 990. The van der Waals surface area contributed by atoms with Gasteiger partial charge in [-0.2, -0.15) is 18.3 Å². The molecular formula is C14H12Cl2F3N3O4S. The number of aromatic nitrogens is 2. The molecule has 1 aromatic heterocycles. The minimum atomic E-state index is -4.61. The van der Waals surface area contributed by atoms with Gasteiger partial charge in [-0.25, -0.2) is 17.9 Å². The van der Waals surface area contributed by atoms with Gasteiger partial charge in [-0.15, -0.1) is 0 Å². The van der Waals surface area contributed by atoms with Crippen LogP contribution < -0.4 is 4.72 Å². The van der Waals surface area contributed by atoms with Crippen molar-refractivity contribution in [3.63, 3.8) is 0 Å². The number of sulfonamides is 1. The van der Waals surface area contributed by atoms with Gasteiger partial charge in [-0.05, 0) is 25.1 Å². The normalized spacial score (nSPS) is 12.4. The number of rotatable bonds is 6. The average molecular weight is 446 g/mol. The van der Waals surface area contributed by atoms with Crippen LogP contribution in [0.5, 0.6) is 0 Å². The molecule has 0 fully saturated rings. The summed E-state index contributed by atoms with van der Waals surface area (Å²) >= 11 is 11.5. The van der Waals surface area contributed by atoms with E-state index in [2.05, 4.69) is 9.82 Å². The maximum absolute atomic E-state index is 12.6. The second-order valence-corrected chi connectivity index (χ2v) is 7.91. The Morgan fingerprint density at radius 2 is 1.89 bits per heavy atom. The van der Waals surface area contributed by atoms with Crippen LogP contribution in [0.4, 0.5) is 13.2 Å². The molecule has 0 saturated carbocycles. The zero-order valence-corrected chi connectivity index (χ0v) is 15.8. The highest BCUT2D eigenvalue weighted by atomic mass is 35.5. The van der Waals surface area contributed by atoms with Gasteiger partial charge in [0.2, 0.25) is 10.0 Å². The van der Waals surface area contributed by atoms with E-state index < -0.39 is 38.3 Å². The fraction of sp³-hybridized carbons (Fsp3) is 0.286. The van der Waals surface area contributed by atoms with Crippen LogP contribution in [0.25, 0.3) is 0 Å². The van der Waals surface area contributed by atoms with Gasteiger partial charge in [0.25, 0.3) is 0 Å². The lowest BCUT2D eigenvalue weighted by molar-refractivity contribution is -0.141. The van der Waals surface area contributed by atoms with Gasteiger partial charge >= 0.3 is 12.1 Å². The number of halogens is 5. The largest absolute Gasteiger partial charge is 0.478 e. The molecule has 2 N–H and O–H groups in total. The third kappa shape index (κ3) is 4.92. The topological polar surface area (TPSA) is 101 Å². The van der Waals surface area contributed by atoms with E-state index in [0.29, 0.717) is 0 Å². The van der Waals surface area contributed by atoms with Crippen molar-refractivity contribution in [1.82, 2.24) is 14.5 Å². The predicted molar refractivity (Wildman–Crippen MR) is 90.6 cm³/mol. The number of hydrogen-bond acceptors (Lipinski definition) is 4. The zero-order chi connectivity index (χ0) is 20.6. The van der Waals surface area contributed by atoms with Crippen LogP contribution in [0.2, 0.25) is 10.0 Å². The van der Waals surface area contributed by atoms with Crippen LogP contribution >= 0.6 is 23.2 Å². The van der Waals surface area contributed by atoms with Crippen molar-refractivity contribution in [2.24, 2.45) is 0 Å². The van der Waals surface area contributed by atoms with Crippen molar-refractivity contribution in [1.29, 1.82) is 0 Å². The Kier molecular flexibility index (Phi) is 6.10. The van der Waals surface area contributed by atoms with Gasteiger partial charge in [0.05, 0.1) is 22.2 Å². The van der Waals surface area contributed by atoms with Crippen LogP contribution in [-0.4, -0.2) is 35.8 Å². The first-order valence-corrected chi connectivity index (χ1v) is 9.40. The SMILES string of the molecule is Cc1cc(C(F)(F)F)nn1CCNS(=O)(=O)c1cc(C(=O)O)c(Cl)cc1Cl. The number of aromatic carboxylic acids is 1. The molecule has 13 heteroatoms. The molecule has 0 aliphatic heterocycles. The first-order chi connectivity index (χ1) is 12.3. The Morgan fingerprint density at radius 3 is 2.41 bits per heavy atom. The summed E-state index contributed by atoms with van der Waals surface area (Å²) in [6.45, 7) is 0.910. The van der Waals surface area contributed by atoms with Crippen molar-refractivity contribution in [3.05, 3.63) is 45.2 Å². The molecule has 0 bridgehead atoms. The van der Waals surface area contributed by atoms with E-state index in [9.17, 15) is 26.4 Å². The average Bonchev–Trinajstić information content (AvgIpc) is 2.88. The summed E-state index contributed by atoms with van der Waals surface area (Å²) < 4.78 is 65.7. The lowest BCUT2D eigenvalue weighted by atomic mass is 10.2. The smallest absolute Gasteiger partial charge is 0.435 e. The molecule has 0 aliphatic rings. The van der Waals surface area contributed by atoms with Crippen LogP contribution in [0.3, 0.4) is 0 Å². The predicted octanol–water partition coefficient (Wildman–Crippen LogP) is 3.19. The molecule has 0 unspecified atom stereocenters.